The number of aromatic nitrogens is 2. The maximum Gasteiger partial charge on any atom is 0.246 e. The lowest BCUT2D eigenvalue weighted by Gasteiger charge is -2.49. The van der Waals surface area contributed by atoms with E-state index in [1.807, 2.05) is 13.0 Å². The minimum Gasteiger partial charge on any atom is -0.336 e. The van der Waals surface area contributed by atoms with Crippen molar-refractivity contribution in [2.75, 3.05) is 6.54 Å². The van der Waals surface area contributed by atoms with Gasteiger partial charge < -0.3 is 10.2 Å². The molecule has 0 aliphatic carbocycles. The lowest BCUT2D eigenvalue weighted by atomic mass is 9.79. The Morgan fingerprint density at radius 1 is 1.33 bits per heavy atom. The topological polar surface area (TPSA) is 50.2 Å². The highest BCUT2D eigenvalue weighted by atomic mass is 35.5. The van der Waals surface area contributed by atoms with Crippen LogP contribution in [0.15, 0.2) is 6.08 Å². The van der Waals surface area contributed by atoms with Crippen LogP contribution >= 0.6 is 11.6 Å². The number of piperidine rings is 1. The van der Waals surface area contributed by atoms with Crippen LogP contribution in [0.3, 0.4) is 0 Å². The molecule has 2 heterocycles. The highest BCUT2D eigenvalue weighted by Gasteiger charge is 2.40. The van der Waals surface area contributed by atoms with E-state index in [4.69, 9.17) is 11.6 Å². The van der Waals surface area contributed by atoms with Gasteiger partial charge in [-0.25, -0.2) is 0 Å². The number of nitrogens with one attached hydrogen (secondary N) is 1. The van der Waals surface area contributed by atoms with Crippen LogP contribution in [-0.4, -0.2) is 44.3 Å². The highest BCUT2D eigenvalue weighted by molar-refractivity contribution is 6.31. The highest BCUT2D eigenvalue weighted by Crippen LogP contribution is 2.32. The maximum absolute atomic E-state index is 13.1. The molecule has 1 aliphatic heterocycles. The molecule has 0 bridgehead atoms. The van der Waals surface area contributed by atoms with Gasteiger partial charge in [0.15, 0.2) is 0 Å². The zero-order valence-electron chi connectivity index (χ0n) is 17.9. The van der Waals surface area contributed by atoms with Crippen molar-refractivity contribution < 1.29 is 4.79 Å². The first kappa shape index (κ1) is 22.0. The van der Waals surface area contributed by atoms with Gasteiger partial charge in [0, 0.05) is 42.4 Å². The zero-order valence-corrected chi connectivity index (χ0v) is 18.7. The largest absolute Gasteiger partial charge is 0.336 e. The Morgan fingerprint density at radius 3 is 2.41 bits per heavy atom. The molecule has 27 heavy (non-hydrogen) atoms. The van der Waals surface area contributed by atoms with Crippen molar-refractivity contribution in [3.05, 3.63) is 22.5 Å². The molecule has 1 fully saturated rings. The van der Waals surface area contributed by atoms with Crippen LogP contribution in [0.1, 0.15) is 71.6 Å². The first-order chi connectivity index (χ1) is 12.5. The molecule has 1 aromatic heterocycles. The second kappa shape index (κ2) is 8.36. The molecule has 1 aliphatic rings. The second-order valence-corrected chi connectivity index (χ2v) is 9.44. The normalized spacial score (nSPS) is 19.6. The van der Waals surface area contributed by atoms with Gasteiger partial charge in [0.2, 0.25) is 5.91 Å². The number of hydrogen-bond donors (Lipinski definition) is 1. The molecule has 6 heteroatoms. The van der Waals surface area contributed by atoms with E-state index in [1.54, 1.807) is 17.8 Å². The number of halogens is 1. The molecule has 0 aromatic carbocycles. The number of carbonyl (C=O) groups is 1. The quantitative estimate of drug-likeness (QED) is 0.730. The summed E-state index contributed by atoms with van der Waals surface area (Å²) in [7, 11) is 1.81. The van der Waals surface area contributed by atoms with E-state index in [1.165, 1.54) is 0 Å². The van der Waals surface area contributed by atoms with Crippen LogP contribution in [0, 0.1) is 6.92 Å². The monoisotopic (exact) mass is 394 g/mol. The molecule has 0 radical (unpaired) electrons. The average molecular weight is 395 g/mol. The molecule has 1 amide bonds. The third kappa shape index (κ3) is 5.58. The first-order valence-corrected chi connectivity index (χ1v) is 10.3. The van der Waals surface area contributed by atoms with Crippen molar-refractivity contribution in [3.63, 3.8) is 0 Å². The number of nitrogens with zero attached hydrogens (tertiary/aromatic N) is 3. The first-order valence-electron chi connectivity index (χ1n) is 9.93. The Balaban J connectivity index is 2.24. The molecular formula is C21H35ClN4O. The summed E-state index contributed by atoms with van der Waals surface area (Å²) in [5, 5.41) is 8.57. The summed E-state index contributed by atoms with van der Waals surface area (Å²) in [6, 6.07) is 0.227. The van der Waals surface area contributed by atoms with Crippen LogP contribution in [-0.2, 0) is 11.8 Å². The fourth-order valence-electron chi connectivity index (χ4n) is 4.38. The minimum absolute atomic E-state index is 0.00409. The summed E-state index contributed by atoms with van der Waals surface area (Å²) in [6.07, 6.45) is 7.45. The van der Waals surface area contributed by atoms with Crippen molar-refractivity contribution in [1.29, 1.82) is 0 Å². The summed E-state index contributed by atoms with van der Waals surface area (Å²) in [4.78, 5) is 15.2. The summed E-state index contributed by atoms with van der Waals surface area (Å²) >= 11 is 6.30. The van der Waals surface area contributed by atoms with E-state index in [0.29, 0.717) is 5.15 Å². The Labute approximate surface area is 169 Å². The molecule has 1 N–H and O–H groups in total. The fraction of sp³-hybridized carbons (Fsp3) is 0.714. The lowest BCUT2D eigenvalue weighted by Crippen LogP contribution is -2.62. The molecule has 0 saturated carbocycles. The summed E-state index contributed by atoms with van der Waals surface area (Å²) < 4.78 is 1.63. The van der Waals surface area contributed by atoms with Gasteiger partial charge in [-0.05, 0) is 60.0 Å². The number of carbonyl (C=O) groups excluding carboxylic acids is 1. The zero-order chi connectivity index (χ0) is 20.4. The molecule has 1 saturated heterocycles. The van der Waals surface area contributed by atoms with Crippen LogP contribution in [0.25, 0.3) is 6.08 Å². The summed E-state index contributed by atoms with van der Waals surface area (Å²) in [5.41, 5.74) is 1.65. The molecular weight excluding hydrogens is 360 g/mol. The Bertz CT molecular complexity index is 689. The van der Waals surface area contributed by atoms with Crippen molar-refractivity contribution in [1.82, 2.24) is 20.0 Å². The Kier molecular flexibility index (Phi) is 6.80. The van der Waals surface area contributed by atoms with Gasteiger partial charge in [-0.2, -0.15) is 5.10 Å². The molecule has 5 nitrogen and oxygen atoms in total. The Hall–Kier alpha value is -1.33. The lowest BCUT2D eigenvalue weighted by molar-refractivity contribution is -0.130. The van der Waals surface area contributed by atoms with E-state index in [-0.39, 0.29) is 23.0 Å². The van der Waals surface area contributed by atoms with Gasteiger partial charge in [-0.3, -0.25) is 9.48 Å². The van der Waals surface area contributed by atoms with Gasteiger partial charge in [-0.1, -0.05) is 24.9 Å². The van der Waals surface area contributed by atoms with Gasteiger partial charge in [0.25, 0.3) is 0 Å². The van der Waals surface area contributed by atoms with E-state index >= 15 is 0 Å². The molecule has 152 valence electrons. The van der Waals surface area contributed by atoms with Gasteiger partial charge >= 0.3 is 0 Å². The standard InChI is InChI=1S/C21H35ClN4O/c1-8-9-12-26(16-13-20(3,4)24-21(5,6)14-16)18(27)11-10-17-15(2)23-25(7)19(17)22/h10-11,16,24H,8-9,12-14H2,1-7H3/b11-10+. The van der Waals surface area contributed by atoms with Crippen molar-refractivity contribution >= 4 is 23.6 Å². The van der Waals surface area contributed by atoms with Crippen LogP contribution in [0.5, 0.6) is 0 Å². The van der Waals surface area contributed by atoms with Crippen molar-refractivity contribution in [2.24, 2.45) is 7.05 Å². The number of rotatable bonds is 6. The number of hydrogen-bond acceptors (Lipinski definition) is 3. The van der Waals surface area contributed by atoms with E-state index in [9.17, 15) is 4.79 Å². The molecule has 0 atom stereocenters. The third-order valence-corrected chi connectivity index (χ3v) is 5.68. The Morgan fingerprint density at radius 2 is 1.93 bits per heavy atom. The minimum atomic E-state index is 0.00409. The predicted molar refractivity (Wildman–Crippen MR) is 113 cm³/mol. The molecule has 0 unspecified atom stereocenters. The smallest absolute Gasteiger partial charge is 0.246 e. The van der Waals surface area contributed by atoms with E-state index < -0.39 is 0 Å². The van der Waals surface area contributed by atoms with E-state index in [2.05, 4.69) is 49.9 Å². The van der Waals surface area contributed by atoms with Crippen LogP contribution in [0.4, 0.5) is 0 Å². The number of unbranched alkanes of at least 4 members (excludes halogenated alkanes) is 1. The van der Waals surface area contributed by atoms with Crippen molar-refractivity contribution in [2.45, 2.75) is 84.3 Å². The second-order valence-electron chi connectivity index (χ2n) is 9.09. The number of amides is 1. The molecule has 1 aromatic rings. The number of aryl methyl sites for hydroxylation is 2. The fourth-order valence-corrected chi connectivity index (χ4v) is 4.61. The van der Waals surface area contributed by atoms with Crippen molar-refractivity contribution in [3.8, 4) is 0 Å². The van der Waals surface area contributed by atoms with Gasteiger partial charge in [0.1, 0.15) is 5.15 Å². The maximum atomic E-state index is 13.1. The predicted octanol–water partition coefficient (Wildman–Crippen LogP) is 4.33. The SMILES string of the molecule is CCCCN(C(=O)/C=C/c1c(C)nn(C)c1Cl)C1CC(C)(C)NC(C)(C)C1. The average Bonchev–Trinajstić information content (AvgIpc) is 2.75. The third-order valence-electron chi connectivity index (χ3n) is 5.23. The van der Waals surface area contributed by atoms with Gasteiger partial charge in [0.05, 0.1) is 5.69 Å². The molecule has 0 spiro atoms. The summed E-state index contributed by atoms with van der Waals surface area (Å²) in [6.45, 7) is 13.7. The molecule has 2 rings (SSSR count). The van der Waals surface area contributed by atoms with E-state index in [0.717, 1.165) is 43.5 Å². The van der Waals surface area contributed by atoms with Crippen LogP contribution in [0.2, 0.25) is 5.15 Å². The van der Waals surface area contributed by atoms with Crippen LogP contribution < -0.4 is 5.32 Å². The van der Waals surface area contributed by atoms with Gasteiger partial charge in [-0.15, -0.1) is 0 Å². The summed E-state index contributed by atoms with van der Waals surface area (Å²) in [5.74, 6) is 0.0567.